The lowest BCUT2D eigenvalue weighted by atomic mass is 10.2. The summed E-state index contributed by atoms with van der Waals surface area (Å²) in [4.78, 5) is 10.8. The zero-order valence-corrected chi connectivity index (χ0v) is 10.9. The number of carboxylic acid groups (broad SMARTS) is 1. The molecule has 100 valence electrons. The highest BCUT2D eigenvalue weighted by Crippen LogP contribution is 2.13. The Hall–Kier alpha value is -2.01. The summed E-state index contributed by atoms with van der Waals surface area (Å²) >= 11 is 5.75. The second-order valence-corrected chi connectivity index (χ2v) is 4.39. The SMILES string of the molecule is O=C(O)c1cccc(OCCCn2cc(Cl)cn2)c1. The number of carboxylic acids is 1. The fraction of sp³-hybridized carbons (Fsp3) is 0.231. The Morgan fingerprint density at radius 1 is 1.47 bits per heavy atom. The van der Waals surface area contributed by atoms with Gasteiger partial charge in [-0.25, -0.2) is 4.79 Å². The number of benzene rings is 1. The van der Waals surface area contributed by atoms with Gasteiger partial charge < -0.3 is 9.84 Å². The van der Waals surface area contributed by atoms with Crippen molar-refractivity contribution in [3.63, 3.8) is 0 Å². The average Bonchev–Trinajstić information content (AvgIpc) is 2.81. The van der Waals surface area contributed by atoms with Gasteiger partial charge in [-0.1, -0.05) is 17.7 Å². The third-order valence-corrected chi connectivity index (χ3v) is 2.68. The van der Waals surface area contributed by atoms with Crippen molar-refractivity contribution in [1.82, 2.24) is 9.78 Å². The van der Waals surface area contributed by atoms with Crippen LogP contribution in [-0.4, -0.2) is 27.5 Å². The van der Waals surface area contributed by atoms with E-state index < -0.39 is 5.97 Å². The first-order chi connectivity index (χ1) is 9.15. The number of carbonyl (C=O) groups is 1. The number of aryl methyl sites for hydroxylation is 1. The first-order valence-corrected chi connectivity index (χ1v) is 6.17. The van der Waals surface area contributed by atoms with Crippen LogP contribution < -0.4 is 4.74 Å². The summed E-state index contributed by atoms with van der Waals surface area (Å²) in [6.45, 7) is 1.19. The zero-order chi connectivity index (χ0) is 13.7. The van der Waals surface area contributed by atoms with Crippen molar-refractivity contribution >= 4 is 17.6 Å². The molecule has 0 saturated heterocycles. The number of halogens is 1. The van der Waals surface area contributed by atoms with Gasteiger partial charge in [0.05, 0.1) is 23.4 Å². The van der Waals surface area contributed by atoms with Gasteiger partial charge >= 0.3 is 5.97 Å². The van der Waals surface area contributed by atoms with Gasteiger partial charge in [-0.05, 0) is 18.2 Å². The Labute approximate surface area is 115 Å². The van der Waals surface area contributed by atoms with Crippen molar-refractivity contribution in [1.29, 1.82) is 0 Å². The molecule has 1 aromatic heterocycles. The van der Waals surface area contributed by atoms with Crippen LogP contribution in [-0.2, 0) is 6.54 Å². The van der Waals surface area contributed by atoms with Crippen LogP contribution in [0.15, 0.2) is 36.7 Å². The Balaban J connectivity index is 1.79. The Bertz CT molecular complexity index is 569. The van der Waals surface area contributed by atoms with Crippen molar-refractivity contribution in [3.8, 4) is 5.75 Å². The summed E-state index contributed by atoms with van der Waals surface area (Å²) in [6, 6.07) is 6.43. The molecular formula is C13H13ClN2O3. The van der Waals surface area contributed by atoms with E-state index in [1.165, 1.54) is 12.1 Å². The third kappa shape index (κ3) is 3.99. The molecule has 6 heteroatoms. The smallest absolute Gasteiger partial charge is 0.335 e. The van der Waals surface area contributed by atoms with Crippen molar-refractivity contribution in [2.45, 2.75) is 13.0 Å². The standard InChI is InChI=1S/C13H13ClN2O3/c14-11-8-15-16(9-11)5-2-6-19-12-4-1-3-10(7-12)13(17)18/h1,3-4,7-9H,2,5-6H2,(H,17,18). The Morgan fingerprint density at radius 2 is 2.32 bits per heavy atom. The lowest BCUT2D eigenvalue weighted by molar-refractivity contribution is 0.0696. The molecule has 1 heterocycles. The largest absolute Gasteiger partial charge is 0.494 e. The quantitative estimate of drug-likeness (QED) is 0.826. The summed E-state index contributed by atoms with van der Waals surface area (Å²) in [5, 5.41) is 13.5. The van der Waals surface area contributed by atoms with Crippen LogP contribution in [0.25, 0.3) is 0 Å². The highest BCUT2D eigenvalue weighted by molar-refractivity contribution is 6.30. The second kappa shape index (κ2) is 6.24. The van der Waals surface area contributed by atoms with Crippen LogP contribution in [0.5, 0.6) is 5.75 Å². The molecule has 0 unspecified atom stereocenters. The Morgan fingerprint density at radius 3 is 3.00 bits per heavy atom. The first kappa shape index (κ1) is 13.4. The van der Waals surface area contributed by atoms with E-state index in [1.807, 2.05) is 0 Å². The van der Waals surface area contributed by atoms with Crippen LogP contribution in [0.2, 0.25) is 5.02 Å². The van der Waals surface area contributed by atoms with E-state index in [2.05, 4.69) is 5.10 Å². The highest BCUT2D eigenvalue weighted by atomic mass is 35.5. The summed E-state index contributed by atoms with van der Waals surface area (Å²) in [5.74, 6) is -0.407. The van der Waals surface area contributed by atoms with Crippen LogP contribution >= 0.6 is 11.6 Å². The van der Waals surface area contributed by atoms with E-state index in [1.54, 1.807) is 29.2 Å². The number of ether oxygens (including phenoxy) is 1. The minimum atomic E-state index is -0.961. The number of hydrogen-bond acceptors (Lipinski definition) is 3. The van der Waals surface area contributed by atoms with E-state index in [-0.39, 0.29) is 5.56 Å². The van der Waals surface area contributed by atoms with E-state index in [0.717, 1.165) is 6.42 Å². The normalized spacial score (nSPS) is 10.4. The maximum absolute atomic E-state index is 10.8. The monoisotopic (exact) mass is 280 g/mol. The van der Waals surface area contributed by atoms with E-state index in [9.17, 15) is 4.79 Å². The van der Waals surface area contributed by atoms with Crippen molar-refractivity contribution < 1.29 is 14.6 Å². The van der Waals surface area contributed by atoms with Crippen LogP contribution in [0.4, 0.5) is 0 Å². The molecule has 0 fully saturated rings. The summed E-state index contributed by atoms with van der Waals surface area (Å²) in [7, 11) is 0. The van der Waals surface area contributed by atoms with Gasteiger partial charge in [0.15, 0.2) is 0 Å². The van der Waals surface area contributed by atoms with Gasteiger partial charge in [-0.3, -0.25) is 4.68 Å². The molecule has 0 spiro atoms. The first-order valence-electron chi connectivity index (χ1n) is 5.79. The van der Waals surface area contributed by atoms with Gasteiger partial charge in [0, 0.05) is 19.2 Å². The molecule has 2 aromatic rings. The maximum atomic E-state index is 10.8. The molecule has 1 aromatic carbocycles. The summed E-state index contributed by atoms with van der Waals surface area (Å²) in [6.07, 6.45) is 4.08. The van der Waals surface area contributed by atoms with Crippen LogP contribution in [0.1, 0.15) is 16.8 Å². The molecule has 0 bridgehead atoms. The number of aromatic carboxylic acids is 1. The van der Waals surface area contributed by atoms with Gasteiger partial charge in [0.1, 0.15) is 5.75 Å². The molecule has 0 aliphatic heterocycles. The Kier molecular flexibility index (Phi) is 4.41. The molecule has 0 saturated carbocycles. The molecule has 0 amide bonds. The predicted molar refractivity (Wildman–Crippen MR) is 70.8 cm³/mol. The molecule has 0 aliphatic carbocycles. The topological polar surface area (TPSA) is 64.3 Å². The highest BCUT2D eigenvalue weighted by Gasteiger charge is 2.03. The lowest BCUT2D eigenvalue weighted by Crippen LogP contribution is -2.05. The second-order valence-electron chi connectivity index (χ2n) is 3.96. The van der Waals surface area contributed by atoms with Gasteiger partial charge in [-0.15, -0.1) is 0 Å². The number of aromatic nitrogens is 2. The molecule has 0 atom stereocenters. The number of nitrogens with zero attached hydrogens (tertiary/aromatic N) is 2. The molecule has 1 N–H and O–H groups in total. The molecule has 19 heavy (non-hydrogen) atoms. The number of hydrogen-bond donors (Lipinski definition) is 1. The maximum Gasteiger partial charge on any atom is 0.335 e. The van der Waals surface area contributed by atoms with Gasteiger partial charge in [-0.2, -0.15) is 5.10 Å². The predicted octanol–water partition coefficient (Wildman–Crippen LogP) is 2.70. The number of rotatable bonds is 6. The van der Waals surface area contributed by atoms with Crippen LogP contribution in [0.3, 0.4) is 0 Å². The fourth-order valence-corrected chi connectivity index (χ4v) is 1.75. The minimum Gasteiger partial charge on any atom is -0.494 e. The fourth-order valence-electron chi connectivity index (χ4n) is 1.60. The van der Waals surface area contributed by atoms with E-state index in [0.29, 0.717) is 23.9 Å². The average molecular weight is 281 g/mol. The molecule has 0 radical (unpaired) electrons. The van der Waals surface area contributed by atoms with Crippen molar-refractivity contribution in [3.05, 3.63) is 47.2 Å². The van der Waals surface area contributed by atoms with Crippen molar-refractivity contribution in [2.24, 2.45) is 0 Å². The van der Waals surface area contributed by atoms with Gasteiger partial charge in [0.25, 0.3) is 0 Å². The molecule has 0 aliphatic rings. The third-order valence-electron chi connectivity index (χ3n) is 2.48. The minimum absolute atomic E-state index is 0.219. The zero-order valence-electron chi connectivity index (χ0n) is 10.1. The molecule has 5 nitrogen and oxygen atoms in total. The summed E-state index contributed by atoms with van der Waals surface area (Å²) in [5.41, 5.74) is 0.219. The summed E-state index contributed by atoms with van der Waals surface area (Å²) < 4.78 is 7.22. The van der Waals surface area contributed by atoms with E-state index in [4.69, 9.17) is 21.4 Å². The molecule has 2 rings (SSSR count). The van der Waals surface area contributed by atoms with E-state index >= 15 is 0 Å². The molecular weight excluding hydrogens is 268 g/mol. The van der Waals surface area contributed by atoms with Gasteiger partial charge in [0.2, 0.25) is 0 Å². The van der Waals surface area contributed by atoms with Crippen molar-refractivity contribution in [2.75, 3.05) is 6.61 Å². The van der Waals surface area contributed by atoms with Crippen LogP contribution in [0, 0.1) is 0 Å². The lowest BCUT2D eigenvalue weighted by Gasteiger charge is -2.06.